The molecule has 1 aromatic carbocycles. The quantitative estimate of drug-likeness (QED) is 0.211. The minimum atomic E-state index is -1.55. The lowest BCUT2D eigenvalue weighted by atomic mass is 10.0. The third-order valence-corrected chi connectivity index (χ3v) is 11.3. The summed E-state index contributed by atoms with van der Waals surface area (Å²) in [5.41, 5.74) is 0.752. The van der Waals surface area contributed by atoms with E-state index in [-0.39, 0.29) is 37.6 Å². The van der Waals surface area contributed by atoms with Crippen LogP contribution in [0.25, 0.3) is 0 Å². The highest BCUT2D eigenvalue weighted by Crippen LogP contribution is 2.27. The molecule has 6 N–H and O–H groups in total. The molecule has 3 aliphatic heterocycles. The highest BCUT2D eigenvalue weighted by atomic mass is 33.1. The van der Waals surface area contributed by atoms with Gasteiger partial charge >= 0.3 is 5.97 Å². The number of amides is 6. The SMILES string of the molecule is CC(O)C1NC(=O)C2CCCN2C(=O)C2CCCN2C(=O)CCSSCCNC(=O)C(Cc2ccccc2)NC(=O)C(CCC(=O)O)NC1=O. The molecule has 0 saturated carbocycles. The monoisotopic (exact) mass is 734 g/mol. The maximum atomic E-state index is 13.7. The van der Waals surface area contributed by atoms with Crippen LogP contribution in [-0.4, -0.2) is 129 Å². The highest BCUT2D eigenvalue weighted by Gasteiger charge is 2.43. The first-order valence-corrected chi connectivity index (χ1v) is 19.4. The van der Waals surface area contributed by atoms with Gasteiger partial charge in [0.15, 0.2) is 0 Å². The first kappa shape index (κ1) is 39.0. The van der Waals surface area contributed by atoms with Gasteiger partial charge in [0.05, 0.1) is 6.10 Å². The van der Waals surface area contributed by atoms with E-state index in [9.17, 15) is 43.8 Å². The number of carboxylic acids is 1. The Bertz CT molecular complexity index is 1400. The fourth-order valence-electron chi connectivity index (χ4n) is 6.33. The number of carbonyl (C=O) groups is 7. The number of aliphatic hydroxyl groups excluding tert-OH is 1. The van der Waals surface area contributed by atoms with Crippen LogP contribution in [0.3, 0.4) is 0 Å². The van der Waals surface area contributed by atoms with Crippen LogP contribution in [0.2, 0.25) is 0 Å². The first-order valence-electron chi connectivity index (χ1n) is 16.9. The number of nitrogens with one attached hydrogen (secondary N) is 4. The van der Waals surface area contributed by atoms with E-state index in [1.54, 1.807) is 29.2 Å². The molecule has 17 heteroatoms. The molecule has 0 bridgehead atoms. The molecular weight excluding hydrogens is 689 g/mol. The third-order valence-electron chi connectivity index (χ3n) is 8.92. The van der Waals surface area contributed by atoms with Gasteiger partial charge in [-0.3, -0.25) is 33.6 Å². The van der Waals surface area contributed by atoms with Crippen molar-refractivity contribution < 1.29 is 43.8 Å². The average Bonchev–Trinajstić information content (AvgIpc) is 3.78. The number of benzene rings is 1. The topological polar surface area (TPSA) is 215 Å². The Hall–Kier alpha value is -3.83. The Morgan fingerprint density at radius 2 is 1.50 bits per heavy atom. The van der Waals surface area contributed by atoms with Crippen molar-refractivity contribution in [2.24, 2.45) is 0 Å². The molecule has 0 radical (unpaired) electrons. The minimum Gasteiger partial charge on any atom is -0.481 e. The summed E-state index contributed by atoms with van der Waals surface area (Å²) in [5.74, 6) is -3.61. The lowest BCUT2D eigenvalue weighted by molar-refractivity contribution is -0.147. The van der Waals surface area contributed by atoms with Gasteiger partial charge in [0.25, 0.3) is 0 Å². The zero-order chi connectivity index (χ0) is 36.2. The van der Waals surface area contributed by atoms with Crippen molar-refractivity contribution in [1.29, 1.82) is 0 Å². The number of nitrogens with zero attached hydrogens (tertiary/aromatic N) is 2. The second-order valence-electron chi connectivity index (χ2n) is 12.6. The number of carboxylic acid groups (broad SMARTS) is 1. The standard InChI is InChI=1S/C33H46N6O9S2/c1-20(40)28-32(47)35-22(11-12-27(42)43)30(45)36-23(19-21-7-3-2-4-8-21)29(44)34-14-18-50-49-17-13-26(41)38-15-6-10-25(38)33(48)39-16-5-9-24(39)31(46)37-28/h2-4,7-8,20,22-25,28,40H,5-6,9-19H2,1H3,(H,34,44)(H,35,47)(H,36,45)(H,37,46)(H,42,43). The molecule has 6 amide bonds. The van der Waals surface area contributed by atoms with Crippen LogP contribution in [0.15, 0.2) is 30.3 Å². The first-order chi connectivity index (χ1) is 24.0. The summed E-state index contributed by atoms with van der Waals surface area (Å²) in [6, 6.07) is 3.29. The van der Waals surface area contributed by atoms with E-state index in [1.165, 1.54) is 33.4 Å². The highest BCUT2D eigenvalue weighted by molar-refractivity contribution is 8.76. The molecular formula is C33H46N6O9S2. The van der Waals surface area contributed by atoms with E-state index in [0.29, 0.717) is 50.3 Å². The largest absolute Gasteiger partial charge is 0.481 e. The summed E-state index contributed by atoms with van der Waals surface area (Å²) in [6.45, 7) is 2.27. The van der Waals surface area contributed by atoms with Gasteiger partial charge in [-0.15, -0.1) is 0 Å². The second-order valence-corrected chi connectivity index (χ2v) is 15.3. The molecule has 15 nitrogen and oxygen atoms in total. The van der Waals surface area contributed by atoms with Gasteiger partial charge in [0, 0.05) is 50.4 Å². The minimum absolute atomic E-state index is 0.114. The Morgan fingerprint density at radius 1 is 0.840 bits per heavy atom. The number of aliphatic hydroxyl groups is 1. The molecule has 3 aliphatic rings. The number of rotatable bonds is 6. The molecule has 0 aromatic heterocycles. The number of aliphatic carboxylic acids is 1. The van der Waals surface area contributed by atoms with E-state index in [0.717, 1.165) is 5.56 Å². The van der Waals surface area contributed by atoms with Crippen molar-refractivity contribution in [2.75, 3.05) is 31.1 Å². The molecule has 4 rings (SSSR count). The second kappa shape index (κ2) is 19.0. The molecule has 3 saturated heterocycles. The molecule has 3 heterocycles. The van der Waals surface area contributed by atoms with Crippen molar-refractivity contribution in [1.82, 2.24) is 31.1 Å². The van der Waals surface area contributed by atoms with Crippen LogP contribution in [0.1, 0.15) is 57.4 Å². The fourth-order valence-corrected chi connectivity index (χ4v) is 8.22. The summed E-state index contributed by atoms with van der Waals surface area (Å²) in [4.78, 5) is 95.4. The predicted molar refractivity (Wildman–Crippen MR) is 187 cm³/mol. The van der Waals surface area contributed by atoms with E-state index < -0.39 is 72.3 Å². The maximum Gasteiger partial charge on any atom is 0.303 e. The predicted octanol–water partition coefficient (Wildman–Crippen LogP) is -0.188. The molecule has 0 spiro atoms. The summed E-state index contributed by atoms with van der Waals surface area (Å²) >= 11 is 0. The van der Waals surface area contributed by atoms with Crippen molar-refractivity contribution >= 4 is 63.0 Å². The van der Waals surface area contributed by atoms with Crippen LogP contribution in [0, 0.1) is 0 Å². The summed E-state index contributed by atoms with van der Waals surface area (Å²) in [7, 11) is 2.94. The van der Waals surface area contributed by atoms with Gasteiger partial charge in [0.1, 0.15) is 30.2 Å². The van der Waals surface area contributed by atoms with Crippen molar-refractivity contribution in [2.45, 2.75) is 94.6 Å². The van der Waals surface area contributed by atoms with Crippen molar-refractivity contribution in [3.63, 3.8) is 0 Å². The average molecular weight is 735 g/mol. The molecule has 0 aliphatic carbocycles. The number of carbonyl (C=O) groups excluding carboxylic acids is 6. The van der Waals surface area contributed by atoms with Crippen molar-refractivity contribution in [3.05, 3.63) is 35.9 Å². The summed E-state index contributed by atoms with van der Waals surface area (Å²) in [6.07, 6.45) is 0.0448. The van der Waals surface area contributed by atoms with Crippen LogP contribution in [-0.2, 0) is 40.0 Å². The fraction of sp³-hybridized carbons (Fsp3) is 0.606. The van der Waals surface area contributed by atoms with Gasteiger partial charge in [-0.25, -0.2) is 0 Å². The van der Waals surface area contributed by atoms with Gasteiger partial charge in [-0.05, 0) is 44.6 Å². The van der Waals surface area contributed by atoms with E-state index in [4.69, 9.17) is 0 Å². The molecule has 1 aromatic rings. The zero-order valence-electron chi connectivity index (χ0n) is 28.0. The van der Waals surface area contributed by atoms with Crippen LogP contribution in [0.4, 0.5) is 0 Å². The van der Waals surface area contributed by atoms with Gasteiger partial charge in [0.2, 0.25) is 35.4 Å². The molecule has 3 fully saturated rings. The molecule has 274 valence electrons. The molecule has 6 unspecified atom stereocenters. The number of hydrogen-bond acceptors (Lipinski definition) is 10. The van der Waals surface area contributed by atoms with Gasteiger partial charge in [-0.2, -0.15) is 0 Å². The number of hydrogen-bond donors (Lipinski definition) is 6. The Morgan fingerprint density at radius 3 is 2.20 bits per heavy atom. The van der Waals surface area contributed by atoms with E-state index in [2.05, 4.69) is 21.3 Å². The van der Waals surface area contributed by atoms with E-state index in [1.807, 2.05) is 6.07 Å². The Balaban J connectivity index is 1.59. The Kier molecular flexibility index (Phi) is 14.8. The lowest BCUT2D eigenvalue weighted by Gasteiger charge is -2.32. The summed E-state index contributed by atoms with van der Waals surface area (Å²) < 4.78 is 0. The number of fused-ring (bicyclic) bond motifs is 2. The molecule has 50 heavy (non-hydrogen) atoms. The van der Waals surface area contributed by atoms with Gasteiger partial charge < -0.3 is 41.3 Å². The zero-order valence-corrected chi connectivity index (χ0v) is 29.6. The van der Waals surface area contributed by atoms with Crippen LogP contribution < -0.4 is 21.3 Å². The summed E-state index contributed by atoms with van der Waals surface area (Å²) in [5, 5.41) is 30.4. The molecule has 6 atom stereocenters. The maximum absolute atomic E-state index is 13.7. The van der Waals surface area contributed by atoms with Crippen LogP contribution >= 0.6 is 21.6 Å². The normalized spacial score (nSPS) is 27.4. The van der Waals surface area contributed by atoms with Crippen LogP contribution in [0.5, 0.6) is 0 Å². The van der Waals surface area contributed by atoms with Crippen molar-refractivity contribution in [3.8, 4) is 0 Å². The smallest absolute Gasteiger partial charge is 0.303 e. The lowest BCUT2D eigenvalue weighted by Crippen LogP contribution is -2.61. The van der Waals surface area contributed by atoms with E-state index >= 15 is 0 Å². The Labute approximate surface area is 298 Å². The third kappa shape index (κ3) is 10.8. The van der Waals surface area contributed by atoms with Gasteiger partial charge in [-0.1, -0.05) is 51.9 Å².